The van der Waals surface area contributed by atoms with Gasteiger partial charge in [-0.2, -0.15) is 0 Å². The monoisotopic (exact) mass is 341 g/mol. The Labute approximate surface area is 146 Å². The molecule has 1 amide bonds. The number of rotatable bonds is 3. The van der Waals surface area contributed by atoms with E-state index in [2.05, 4.69) is 29.8 Å². The molecule has 1 aliphatic heterocycles. The molecule has 4 rings (SSSR count). The van der Waals surface area contributed by atoms with Gasteiger partial charge in [-0.25, -0.2) is 4.98 Å². The van der Waals surface area contributed by atoms with Crippen molar-refractivity contribution in [2.75, 3.05) is 13.1 Å². The van der Waals surface area contributed by atoms with Crippen molar-refractivity contribution >= 4 is 17.2 Å². The minimum atomic E-state index is 0.160. The lowest BCUT2D eigenvalue weighted by Crippen LogP contribution is -2.40. The SMILES string of the molecule is Cc1nc(C2CCCN(C(=O)C3CC3c3cccnc3)C2)sc1C. The third-order valence-corrected chi connectivity index (χ3v) is 6.58. The highest BCUT2D eigenvalue weighted by Gasteiger charge is 2.46. The number of carbonyl (C=O) groups excluding carboxylic acids is 1. The topological polar surface area (TPSA) is 46.1 Å². The summed E-state index contributed by atoms with van der Waals surface area (Å²) < 4.78 is 0. The van der Waals surface area contributed by atoms with Crippen molar-refractivity contribution in [3.05, 3.63) is 45.7 Å². The van der Waals surface area contributed by atoms with Crippen molar-refractivity contribution < 1.29 is 4.79 Å². The highest BCUT2D eigenvalue weighted by Crippen LogP contribution is 2.48. The molecule has 0 radical (unpaired) electrons. The molecule has 2 aromatic heterocycles. The molecule has 1 aliphatic carbocycles. The summed E-state index contributed by atoms with van der Waals surface area (Å²) in [6.07, 6.45) is 6.89. The zero-order chi connectivity index (χ0) is 16.7. The average molecular weight is 341 g/mol. The Balaban J connectivity index is 1.42. The van der Waals surface area contributed by atoms with Gasteiger partial charge in [0.2, 0.25) is 5.91 Å². The van der Waals surface area contributed by atoms with Gasteiger partial charge in [-0.05, 0) is 50.7 Å². The Kier molecular flexibility index (Phi) is 4.12. The molecule has 0 spiro atoms. The number of amides is 1. The molecule has 0 aromatic carbocycles. The fraction of sp³-hybridized carbons (Fsp3) is 0.526. The summed E-state index contributed by atoms with van der Waals surface area (Å²) in [6, 6.07) is 4.05. The fourth-order valence-electron chi connectivity index (χ4n) is 3.72. The lowest BCUT2D eigenvalue weighted by molar-refractivity contribution is -0.133. The van der Waals surface area contributed by atoms with Gasteiger partial charge in [-0.3, -0.25) is 9.78 Å². The van der Waals surface area contributed by atoms with Gasteiger partial charge < -0.3 is 4.90 Å². The first-order chi connectivity index (χ1) is 11.6. The highest BCUT2D eigenvalue weighted by atomic mass is 32.1. The van der Waals surface area contributed by atoms with Gasteiger partial charge in [0, 0.05) is 42.2 Å². The van der Waals surface area contributed by atoms with E-state index in [-0.39, 0.29) is 5.92 Å². The Morgan fingerprint density at radius 1 is 1.38 bits per heavy atom. The van der Waals surface area contributed by atoms with Crippen LogP contribution in [-0.4, -0.2) is 33.9 Å². The van der Waals surface area contributed by atoms with E-state index < -0.39 is 0 Å². The molecule has 126 valence electrons. The second kappa shape index (κ2) is 6.28. The molecule has 24 heavy (non-hydrogen) atoms. The Bertz CT molecular complexity index is 723. The Morgan fingerprint density at radius 3 is 2.96 bits per heavy atom. The van der Waals surface area contributed by atoms with Gasteiger partial charge in [0.1, 0.15) is 0 Å². The molecule has 0 N–H and O–H groups in total. The second-order valence-electron chi connectivity index (χ2n) is 7.05. The van der Waals surface area contributed by atoms with Crippen LogP contribution in [0.4, 0.5) is 0 Å². The number of thiazole rings is 1. The predicted octanol–water partition coefficient (Wildman–Crippen LogP) is 3.66. The minimum Gasteiger partial charge on any atom is -0.342 e. The van der Waals surface area contributed by atoms with Crippen molar-refractivity contribution in [1.29, 1.82) is 0 Å². The van der Waals surface area contributed by atoms with Gasteiger partial charge in [0.05, 0.1) is 10.7 Å². The maximum atomic E-state index is 12.9. The number of carbonyl (C=O) groups is 1. The lowest BCUT2D eigenvalue weighted by atomic mass is 9.98. The Morgan fingerprint density at radius 2 is 2.25 bits per heavy atom. The van der Waals surface area contributed by atoms with Crippen LogP contribution in [0, 0.1) is 19.8 Å². The molecule has 3 unspecified atom stereocenters. The van der Waals surface area contributed by atoms with E-state index in [1.807, 2.05) is 12.3 Å². The largest absolute Gasteiger partial charge is 0.342 e. The summed E-state index contributed by atoms with van der Waals surface area (Å²) in [4.78, 5) is 25.2. The van der Waals surface area contributed by atoms with Gasteiger partial charge >= 0.3 is 0 Å². The first-order valence-electron chi connectivity index (χ1n) is 8.76. The van der Waals surface area contributed by atoms with Gasteiger partial charge in [-0.15, -0.1) is 11.3 Å². The fourth-order valence-corrected chi connectivity index (χ4v) is 4.77. The average Bonchev–Trinajstić information content (AvgIpc) is 3.35. The quantitative estimate of drug-likeness (QED) is 0.856. The third kappa shape index (κ3) is 2.97. The number of pyridine rings is 1. The van der Waals surface area contributed by atoms with E-state index in [1.165, 1.54) is 15.4 Å². The molecular weight excluding hydrogens is 318 g/mol. The predicted molar refractivity (Wildman–Crippen MR) is 95.2 cm³/mol. The van der Waals surface area contributed by atoms with Crippen molar-refractivity contribution in [3.63, 3.8) is 0 Å². The molecule has 2 fully saturated rings. The van der Waals surface area contributed by atoms with Crippen molar-refractivity contribution in [2.45, 2.75) is 44.9 Å². The molecule has 2 aliphatic rings. The van der Waals surface area contributed by atoms with E-state index in [9.17, 15) is 4.79 Å². The van der Waals surface area contributed by atoms with Crippen LogP contribution < -0.4 is 0 Å². The number of aromatic nitrogens is 2. The smallest absolute Gasteiger partial charge is 0.226 e. The van der Waals surface area contributed by atoms with Crippen LogP contribution in [0.2, 0.25) is 0 Å². The maximum absolute atomic E-state index is 12.9. The van der Waals surface area contributed by atoms with Crippen LogP contribution in [0.15, 0.2) is 24.5 Å². The van der Waals surface area contributed by atoms with E-state index in [1.54, 1.807) is 17.5 Å². The number of hydrogen-bond donors (Lipinski definition) is 0. The summed E-state index contributed by atoms with van der Waals surface area (Å²) in [5, 5.41) is 1.21. The number of aryl methyl sites for hydroxylation is 2. The van der Waals surface area contributed by atoms with E-state index in [4.69, 9.17) is 4.98 Å². The first kappa shape index (κ1) is 15.8. The van der Waals surface area contributed by atoms with Gasteiger partial charge in [0.25, 0.3) is 0 Å². The van der Waals surface area contributed by atoms with Crippen LogP contribution in [-0.2, 0) is 4.79 Å². The van der Waals surface area contributed by atoms with Crippen LogP contribution in [0.3, 0.4) is 0 Å². The number of piperidine rings is 1. The molecule has 1 saturated heterocycles. The zero-order valence-corrected chi connectivity index (χ0v) is 15.1. The number of nitrogens with zero attached hydrogens (tertiary/aromatic N) is 3. The standard InChI is InChI=1S/C19H23N3OS/c1-12-13(2)24-18(21-12)15-6-4-8-22(11-15)19(23)17-9-16(17)14-5-3-7-20-10-14/h3,5,7,10,15-17H,4,6,8-9,11H2,1-2H3. The van der Waals surface area contributed by atoms with E-state index in [0.717, 1.165) is 38.0 Å². The van der Waals surface area contributed by atoms with E-state index >= 15 is 0 Å². The third-order valence-electron chi connectivity index (χ3n) is 5.35. The molecule has 2 aromatic rings. The molecule has 3 heterocycles. The summed E-state index contributed by atoms with van der Waals surface area (Å²) in [5.74, 6) is 1.28. The molecule has 1 saturated carbocycles. The van der Waals surface area contributed by atoms with Crippen LogP contribution >= 0.6 is 11.3 Å². The maximum Gasteiger partial charge on any atom is 0.226 e. The lowest BCUT2D eigenvalue weighted by Gasteiger charge is -2.32. The van der Waals surface area contributed by atoms with Gasteiger partial charge in [0.15, 0.2) is 0 Å². The first-order valence-corrected chi connectivity index (χ1v) is 9.57. The summed E-state index contributed by atoms with van der Waals surface area (Å²) in [6.45, 7) is 5.94. The normalized spacial score (nSPS) is 26.4. The van der Waals surface area contributed by atoms with Crippen LogP contribution in [0.1, 0.15) is 52.2 Å². The molecule has 5 heteroatoms. The van der Waals surface area contributed by atoms with Crippen molar-refractivity contribution in [2.24, 2.45) is 5.92 Å². The number of hydrogen-bond acceptors (Lipinski definition) is 4. The summed E-state index contributed by atoms with van der Waals surface area (Å²) >= 11 is 1.80. The van der Waals surface area contributed by atoms with E-state index in [0.29, 0.717) is 17.7 Å². The zero-order valence-electron chi connectivity index (χ0n) is 14.2. The molecular formula is C19H23N3OS. The van der Waals surface area contributed by atoms with Crippen LogP contribution in [0.25, 0.3) is 0 Å². The van der Waals surface area contributed by atoms with Crippen LogP contribution in [0.5, 0.6) is 0 Å². The summed E-state index contributed by atoms with van der Waals surface area (Å²) in [7, 11) is 0. The second-order valence-corrected chi connectivity index (χ2v) is 8.29. The van der Waals surface area contributed by atoms with Crippen molar-refractivity contribution in [1.82, 2.24) is 14.9 Å². The number of likely N-dealkylation sites (tertiary alicyclic amines) is 1. The minimum absolute atomic E-state index is 0.160. The molecule has 4 nitrogen and oxygen atoms in total. The van der Waals surface area contributed by atoms with Gasteiger partial charge in [-0.1, -0.05) is 6.07 Å². The molecule has 3 atom stereocenters. The van der Waals surface area contributed by atoms with Crippen molar-refractivity contribution in [3.8, 4) is 0 Å². The highest BCUT2D eigenvalue weighted by molar-refractivity contribution is 7.11. The Hall–Kier alpha value is -1.75. The summed E-state index contributed by atoms with van der Waals surface area (Å²) in [5.41, 5.74) is 2.34. The molecule has 0 bridgehead atoms.